The van der Waals surface area contributed by atoms with Gasteiger partial charge in [-0.1, -0.05) is 53.5 Å². The number of halogens is 5. The molecule has 4 rings (SSSR count). The van der Waals surface area contributed by atoms with Gasteiger partial charge in [-0.3, -0.25) is 0 Å². The molecule has 0 aromatic heterocycles. The summed E-state index contributed by atoms with van der Waals surface area (Å²) >= 11 is 12.0. The van der Waals surface area contributed by atoms with Gasteiger partial charge < -0.3 is 10.6 Å². The molecular weight excluding hydrogens is 451 g/mol. The molecule has 0 fully saturated rings. The molecule has 0 spiro atoms. The third kappa shape index (κ3) is 5.04. The molecule has 2 atom stereocenters. The van der Waals surface area contributed by atoms with Crippen LogP contribution in [0.2, 0.25) is 10.0 Å². The fourth-order valence-corrected chi connectivity index (χ4v) is 3.52. The van der Waals surface area contributed by atoms with E-state index in [2.05, 4.69) is 10.6 Å². The van der Waals surface area contributed by atoms with Gasteiger partial charge in [0.25, 0.3) is 0 Å². The molecule has 0 saturated carbocycles. The van der Waals surface area contributed by atoms with E-state index in [0.717, 1.165) is 17.2 Å². The van der Waals surface area contributed by atoms with Crippen LogP contribution in [-0.2, 0) is 6.54 Å². The highest BCUT2D eigenvalue weighted by atomic mass is 35.5. The molecule has 0 radical (unpaired) electrons. The fraction of sp³-hybridized carbons (Fsp3) is 0.136. The molecule has 8 heteroatoms. The third-order valence-corrected chi connectivity index (χ3v) is 5.26. The average Bonchev–Trinajstić information content (AvgIpc) is 3.14. The van der Waals surface area contributed by atoms with Crippen molar-refractivity contribution in [3.05, 3.63) is 105 Å². The molecule has 1 aliphatic rings. The number of rotatable bonds is 4. The molecule has 0 amide bonds. The fourth-order valence-electron chi connectivity index (χ4n) is 3.27. The summed E-state index contributed by atoms with van der Waals surface area (Å²) in [5.74, 6) is -1.16. The Hall–Kier alpha value is -2.34. The highest BCUT2D eigenvalue weighted by molar-refractivity contribution is 6.30. The minimum atomic E-state index is -0.872. The van der Waals surface area contributed by atoms with E-state index in [4.69, 9.17) is 28.2 Å². The summed E-state index contributed by atoms with van der Waals surface area (Å²) in [6, 6.07) is 18.7. The SMILES string of the molecule is Cl.Fc1ccc(CNC2=N[C@@H](c3ccc(Cl)cc3)[C@@H](c3ccc(Cl)cc3)N2)cc1F. The highest BCUT2D eigenvalue weighted by Gasteiger charge is 2.31. The van der Waals surface area contributed by atoms with Crippen molar-refractivity contribution in [2.75, 3.05) is 0 Å². The van der Waals surface area contributed by atoms with Crippen molar-refractivity contribution in [2.24, 2.45) is 4.99 Å². The second-order valence-electron chi connectivity index (χ2n) is 6.75. The summed E-state index contributed by atoms with van der Waals surface area (Å²) < 4.78 is 26.6. The second kappa shape index (κ2) is 9.65. The number of nitrogens with one attached hydrogen (secondary N) is 2. The van der Waals surface area contributed by atoms with Crippen LogP contribution in [-0.4, -0.2) is 5.96 Å². The van der Waals surface area contributed by atoms with E-state index >= 15 is 0 Å². The number of hydrogen-bond acceptors (Lipinski definition) is 3. The van der Waals surface area contributed by atoms with E-state index in [1.165, 1.54) is 12.1 Å². The van der Waals surface area contributed by atoms with Crippen molar-refractivity contribution in [3.63, 3.8) is 0 Å². The van der Waals surface area contributed by atoms with Crippen molar-refractivity contribution in [1.29, 1.82) is 0 Å². The number of nitrogens with zero attached hydrogens (tertiary/aromatic N) is 1. The Labute approximate surface area is 189 Å². The molecule has 3 nitrogen and oxygen atoms in total. The van der Waals surface area contributed by atoms with Crippen LogP contribution in [0.25, 0.3) is 0 Å². The summed E-state index contributed by atoms with van der Waals surface area (Å²) in [6.07, 6.45) is 0. The Bertz CT molecular complexity index is 1040. The van der Waals surface area contributed by atoms with Gasteiger partial charge in [0, 0.05) is 16.6 Å². The number of hydrogen-bond donors (Lipinski definition) is 2. The normalized spacial score (nSPS) is 17.7. The van der Waals surface area contributed by atoms with Crippen molar-refractivity contribution < 1.29 is 8.78 Å². The molecule has 3 aromatic rings. The van der Waals surface area contributed by atoms with Crippen molar-refractivity contribution in [1.82, 2.24) is 10.6 Å². The van der Waals surface area contributed by atoms with E-state index in [1.54, 1.807) is 0 Å². The van der Waals surface area contributed by atoms with E-state index in [1.807, 2.05) is 48.5 Å². The minimum Gasteiger partial charge on any atom is -0.352 e. The van der Waals surface area contributed by atoms with Crippen LogP contribution in [0.3, 0.4) is 0 Å². The van der Waals surface area contributed by atoms with E-state index < -0.39 is 11.6 Å². The van der Waals surface area contributed by atoms with Crippen LogP contribution in [0.4, 0.5) is 8.78 Å². The maximum atomic E-state index is 13.4. The molecule has 0 aliphatic carbocycles. The van der Waals surface area contributed by atoms with Crippen LogP contribution < -0.4 is 10.6 Å². The summed E-state index contributed by atoms with van der Waals surface area (Å²) in [7, 11) is 0. The Kier molecular flexibility index (Phi) is 7.19. The first-order valence-corrected chi connectivity index (χ1v) is 9.78. The minimum absolute atomic E-state index is 0. The summed E-state index contributed by atoms with van der Waals surface area (Å²) in [5, 5.41) is 7.86. The van der Waals surface area contributed by atoms with Gasteiger partial charge >= 0.3 is 0 Å². The van der Waals surface area contributed by atoms with Gasteiger partial charge in [-0.2, -0.15) is 0 Å². The van der Waals surface area contributed by atoms with Gasteiger partial charge in [0.1, 0.15) is 6.04 Å². The summed E-state index contributed by atoms with van der Waals surface area (Å²) in [6.45, 7) is 0.309. The van der Waals surface area contributed by atoms with Crippen LogP contribution >= 0.6 is 35.6 Å². The standard InChI is InChI=1S/C22H17Cl2F2N3.ClH/c23-16-6-2-14(3-7-16)20-21(15-4-8-17(24)9-5-15)29-22(28-20)27-12-13-1-10-18(25)19(26)11-13;/h1-11,20-21H,12H2,(H2,27,28,29);1H/t20-,21+;. The summed E-state index contributed by atoms with van der Waals surface area (Å²) in [5.41, 5.74) is 2.65. The highest BCUT2D eigenvalue weighted by Crippen LogP contribution is 2.36. The lowest BCUT2D eigenvalue weighted by Crippen LogP contribution is -2.35. The zero-order chi connectivity index (χ0) is 20.4. The van der Waals surface area contributed by atoms with Gasteiger partial charge in [0.05, 0.1) is 6.04 Å². The van der Waals surface area contributed by atoms with Crippen LogP contribution in [0, 0.1) is 11.6 Å². The van der Waals surface area contributed by atoms with Crippen LogP contribution in [0.5, 0.6) is 0 Å². The van der Waals surface area contributed by atoms with Crippen LogP contribution in [0.15, 0.2) is 71.7 Å². The second-order valence-corrected chi connectivity index (χ2v) is 7.62. The molecule has 2 N–H and O–H groups in total. The maximum Gasteiger partial charge on any atom is 0.192 e. The first kappa shape index (κ1) is 22.3. The molecule has 30 heavy (non-hydrogen) atoms. The predicted octanol–water partition coefficient (Wildman–Crippen LogP) is 6.22. The van der Waals surface area contributed by atoms with E-state index in [9.17, 15) is 8.78 Å². The van der Waals surface area contributed by atoms with E-state index in [0.29, 0.717) is 28.1 Å². The quantitative estimate of drug-likeness (QED) is 0.476. The lowest BCUT2D eigenvalue weighted by atomic mass is 9.95. The van der Waals surface area contributed by atoms with Crippen molar-refractivity contribution >= 4 is 41.6 Å². The van der Waals surface area contributed by atoms with Gasteiger partial charge in [-0.15, -0.1) is 12.4 Å². The molecule has 1 aliphatic heterocycles. The predicted molar refractivity (Wildman–Crippen MR) is 119 cm³/mol. The first-order valence-electron chi connectivity index (χ1n) is 9.02. The molecule has 0 unspecified atom stereocenters. The Morgan fingerprint density at radius 3 is 2.03 bits per heavy atom. The monoisotopic (exact) mass is 467 g/mol. The average molecular weight is 469 g/mol. The Balaban J connectivity index is 0.00000256. The third-order valence-electron chi connectivity index (χ3n) is 4.76. The number of benzene rings is 3. The van der Waals surface area contributed by atoms with Gasteiger partial charge in [0.2, 0.25) is 0 Å². The smallest absolute Gasteiger partial charge is 0.192 e. The largest absolute Gasteiger partial charge is 0.352 e. The summed E-state index contributed by atoms with van der Waals surface area (Å²) in [4.78, 5) is 4.77. The lowest BCUT2D eigenvalue weighted by molar-refractivity contribution is 0.506. The van der Waals surface area contributed by atoms with Gasteiger partial charge in [-0.25, -0.2) is 13.8 Å². The molecule has 3 aromatic carbocycles. The number of aliphatic imine (C=N–C) groups is 1. The lowest BCUT2D eigenvalue weighted by Gasteiger charge is -2.20. The van der Waals surface area contributed by atoms with E-state index in [-0.39, 0.29) is 24.5 Å². The Morgan fingerprint density at radius 1 is 0.833 bits per heavy atom. The van der Waals surface area contributed by atoms with Gasteiger partial charge in [0.15, 0.2) is 17.6 Å². The number of guanidine groups is 1. The molecule has 0 saturated heterocycles. The first-order chi connectivity index (χ1) is 14.0. The maximum absolute atomic E-state index is 13.4. The van der Waals surface area contributed by atoms with Crippen LogP contribution in [0.1, 0.15) is 28.8 Å². The molecule has 156 valence electrons. The zero-order valence-corrected chi connectivity index (χ0v) is 17.9. The molecule has 0 bridgehead atoms. The van der Waals surface area contributed by atoms with Crippen molar-refractivity contribution in [2.45, 2.75) is 18.6 Å². The van der Waals surface area contributed by atoms with Crippen molar-refractivity contribution in [3.8, 4) is 0 Å². The topological polar surface area (TPSA) is 36.4 Å². The van der Waals surface area contributed by atoms with Gasteiger partial charge in [-0.05, 0) is 53.1 Å². The molecule has 1 heterocycles. The molecular formula is C22H18Cl3F2N3. The Morgan fingerprint density at radius 2 is 1.43 bits per heavy atom. The zero-order valence-electron chi connectivity index (χ0n) is 15.6.